The highest BCUT2D eigenvalue weighted by atomic mass is 16.2. The predicted octanol–water partition coefficient (Wildman–Crippen LogP) is 4.48. The molecule has 0 unspecified atom stereocenters. The van der Waals surface area contributed by atoms with Crippen LogP contribution in [-0.4, -0.2) is 12.5 Å². The Morgan fingerprint density at radius 1 is 1.08 bits per heavy atom. The fraction of sp³-hybridized carbons (Fsp3) is 0.381. The van der Waals surface area contributed by atoms with Gasteiger partial charge in [-0.25, -0.2) is 0 Å². The molecule has 1 N–H and O–H groups in total. The molecular weight excluding hydrogens is 296 g/mol. The lowest BCUT2D eigenvalue weighted by molar-refractivity contribution is -0.116. The van der Waals surface area contributed by atoms with E-state index in [0.29, 0.717) is 0 Å². The number of hydrogen-bond acceptors (Lipinski definition) is 2. The lowest BCUT2D eigenvalue weighted by Gasteiger charge is -2.32. The average molecular weight is 320 g/mol. The number of anilines is 2. The van der Waals surface area contributed by atoms with Crippen LogP contribution in [0.1, 0.15) is 43.7 Å². The summed E-state index contributed by atoms with van der Waals surface area (Å²) in [6, 6.07) is 17.3. The Labute approximate surface area is 143 Å². The Bertz CT molecular complexity index is 748. The van der Waals surface area contributed by atoms with Crippen LogP contribution < -0.4 is 10.2 Å². The van der Waals surface area contributed by atoms with Crippen molar-refractivity contribution in [3.05, 3.63) is 59.7 Å². The number of carbonyl (C=O) groups is 1. The second kappa shape index (κ2) is 5.97. The van der Waals surface area contributed by atoms with E-state index in [2.05, 4.69) is 53.8 Å². The summed E-state index contributed by atoms with van der Waals surface area (Å²) in [5.74, 6) is 0.131. The van der Waals surface area contributed by atoms with Gasteiger partial charge in [-0.05, 0) is 48.6 Å². The lowest BCUT2D eigenvalue weighted by atomic mass is 9.87. The predicted molar refractivity (Wildman–Crippen MR) is 98.4 cm³/mol. The second-order valence-corrected chi connectivity index (χ2v) is 7.04. The van der Waals surface area contributed by atoms with Crippen LogP contribution in [0.15, 0.2) is 48.5 Å². The summed E-state index contributed by atoms with van der Waals surface area (Å²) >= 11 is 0. The van der Waals surface area contributed by atoms with Crippen molar-refractivity contribution in [1.82, 2.24) is 0 Å². The van der Waals surface area contributed by atoms with Crippen molar-refractivity contribution in [2.24, 2.45) is 0 Å². The summed E-state index contributed by atoms with van der Waals surface area (Å²) in [6.45, 7) is 2.45. The number of fused-ring (bicyclic) bond motifs is 1. The van der Waals surface area contributed by atoms with Gasteiger partial charge in [0.15, 0.2) is 0 Å². The van der Waals surface area contributed by atoms with Crippen molar-refractivity contribution in [3.8, 4) is 0 Å². The second-order valence-electron chi connectivity index (χ2n) is 7.04. The first kappa shape index (κ1) is 15.3. The number of amides is 1. The number of nitrogens with zero attached hydrogens (tertiary/aromatic N) is 1. The molecule has 1 heterocycles. The molecule has 3 heteroatoms. The summed E-state index contributed by atoms with van der Waals surface area (Å²) in [6.07, 6.45) is 5.83. The van der Waals surface area contributed by atoms with E-state index in [-0.39, 0.29) is 11.4 Å². The van der Waals surface area contributed by atoms with Gasteiger partial charge >= 0.3 is 0 Å². The topological polar surface area (TPSA) is 32.3 Å². The van der Waals surface area contributed by atoms with Crippen molar-refractivity contribution >= 4 is 17.3 Å². The number of carbonyl (C=O) groups excluding carboxylic acids is 1. The van der Waals surface area contributed by atoms with Gasteiger partial charge in [0.2, 0.25) is 5.91 Å². The molecule has 0 saturated heterocycles. The first-order valence-electron chi connectivity index (χ1n) is 8.93. The third-order valence-corrected chi connectivity index (χ3v) is 5.52. The van der Waals surface area contributed by atoms with E-state index >= 15 is 0 Å². The van der Waals surface area contributed by atoms with E-state index in [1.807, 2.05) is 4.90 Å². The number of benzene rings is 2. The Morgan fingerprint density at radius 3 is 2.54 bits per heavy atom. The maximum absolute atomic E-state index is 11.7. The molecule has 3 nitrogen and oxygen atoms in total. The van der Waals surface area contributed by atoms with Gasteiger partial charge in [0, 0.05) is 24.8 Å². The molecule has 1 amide bonds. The molecule has 0 atom stereocenters. The van der Waals surface area contributed by atoms with Crippen LogP contribution in [0.25, 0.3) is 0 Å². The Morgan fingerprint density at radius 2 is 1.83 bits per heavy atom. The quantitative estimate of drug-likeness (QED) is 0.904. The molecule has 1 fully saturated rings. The molecule has 0 spiro atoms. The van der Waals surface area contributed by atoms with Gasteiger partial charge in [-0.1, -0.05) is 43.2 Å². The largest absolute Gasteiger partial charge is 0.376 e. The van der Waals surface area contributed by atoms with Gasteiger partial charge in [0.25, 0.3) is 0 Å². The maximum Gasteiger partial charge on any atom is 0.223 e. The molecular formula is C21H24N2O. The van der Waals surface area contributed by atoms with Gasteiger partial charge in [-0.15, -0.1) is 0 Å². The number of hydrogen-bond donors (Lipinski definition) is 1. The highest BCUT2D eigenvalue weighted by molar-refractivity contribution is 5.94. The molecule has 0 aromatic heterocycles. The van der Waals surface area contributed by atoms with E-state index in [1.54, 1.807) is 6.92 Å². The molecule has 1 saturated carbocycles. The average Bonchev–Trinajstić information content (AvgIpc) is 3.23. The first-order valence-corrected chi connectivity index (χ1v) is 8.93. The Balaban J connectivity index is 1.64. The van der Waals surface area contributed by atoms with Crippen LogP contribution in [0.4, 0.5) is 11.4 Å². The lowest BCUT2D eigenvalue weighted by Crippen LogP contribution is -2.32. The highest BCUT2D eigenvalue weighted by Gasteiger charge is 2.35. The van der Waals surface area contributed by atoms with Gasteiger partial charge in [0.1, 0.15) is 0 Å². The molecule has 1 aliphatic carbocycles. The molecule has 2 aromatic carbocycles. The van der Waals surface area contributed by atoms with Crippen LogP contribution in [-0.2, 0) is 16.8 Å². The van der Waals surface area contributed by atoms with Crippen molar-refractivity contribution in [2.45, 2.75) is 44.6 Å². The minimum absolute atomic E-state index is 0.0500. The minimum Gasteiger partial charge on any atom is -0.376 e. The van der Waals surface area contributed by atoms with Crippen molar-refractivity contribution in [1.29, 1.82) is 0 Å². The van der Waals surface area contributed by atoms with E-state index in [1.165, 1.54) is 42.5 Å². The van der Waals surface area contributed by atoms with Gasteiger partial charge in [-0.3, -0.25) is 4.79 Å². The fourth-order valence-electron chi connectivity index (χ4n) is 4.30. The molecule has 4 rings (SSSR count). The minimum atomic E-state index is 0.0500. The Hall–Kier alpha value is -2.29. The zero-order chi connectivity index (χ0) is 16.6. The van der Waals surface area contributed by atoms with Crippen molar-refractivity contribution in [2.75, 3.05) is 16.8 Å². The maximum atomic E-state index is 11.7. The number of nitrogens with one attached hydrogen (secondary N) is 1. The van der Waals surface area contributed by atoms with E-state index < -0.39 is 0 Å². The van der Waals surface area contributed by atoms with Crippen LogP contribution in [0.2, 0.25) is 0 Å². The molecule has 124 valence electrons. The summed E-state index contributed by atoms with van der Waals surface area (Å²) < 4.78 is 0. The van der Waals surface area contributed by atoms with Crippen LogP contribution in [0, 0.1) is 0 Å². The summed E-state index contributed by atoms with van der Waals surface area (Å²) in [7, 11) is 0. The van der Waals surface area contributed by atoms with Gasteiger partial charge in [-0.2, -0.15) is 0 Å². The molecule has 2 aromatic rings. The van der Waals surface area contributed by atoms with Crippen molar-refractivity contribution < 1.29 is 4.79 Å². The first-order chi connectivity index (χ1) is 11.7. The van der Waals surface area contributed by atoms with Crippen LogP contribution in [0.3, 0.4) is 0 Å². The molecule has 24 heavy (non-hydrogen) atoms. The van der Waals surface area contributed by atoms with E-state index in [4.69, 9.17) is 0 Å². The standard InChI is InChI=1S/C21H24N2O/c1-16(24)23-14-11-17-15-19(9-10-20(17)23)22-21(12-5-6-13-21)18-7-3-2-4-8-18/h2-4,7-10,15,22H,5-6,11-14H2,1H3. The summed E-state index contributed by atoms with van der Waals surface area (Å²) in [4.78, 5) is 13.6. The fourth-order valence-corrected chi connectivity index (χ4v) is 4.30. The van der Waals surface area contributed by atoms with E-state index in [9.17, 15) is 4.79 Å². The molecule has 2 aliphatic rings. The summed E-state index contributed by atoms with van der Waals surface area (Å²) in [5, 5.41) is 3.84. The van der Waals surface area contributed by atoms with Crippen LogP contribution in [0.5, 0.6) is 0 Å². The number of rotatable bonds is 3. The highest BCUT2D eigenvalue weighted by Crippen LogP contribution is 2.42. The smallest absolute Gasteiger partial charge is 0.223 e. The SMILES string of the molecule is CC(=O)N1CCc2cc(NC3(c4ccccc4)CCCC3)ccc21. The monoisotopic (exact) mass is 320 g/mol. The summed E-state index contributed by atoms with van der Waals surface area (Å²) in [5.41, 5.74) is 4.96. The third kappa shape index (κ3) is 2.58. The molecule has 0 radical (unpaired) electrons. The Kier molecular flexibility index (Phi) is 3.79. The van der Waals surface area contributed by atoms with E-state index in [0.717, 1.165) is 18.7 Å². The zero-order valence-electron chi connectivity index (χ0n) is 14.2. The molecule has 0 bridgehead atoms. The third-order valence-electron chi connectivity index (χ3n) is 5.52. The van der Waals surface area contributed by atoms with Gasteiger partial charge in [0.05, 0.1) is 5.54 Å². The normalized spacial score (nSPS) is 18.5. The van der Waals surface area contributed by atoms with Crippen molar-refractivity contribution in [3.63, 3.8) is 0 Å². The van der Waals surface area contributed by atoms with Crippen LogP contribution >= 0.6 is 0 Å². The zero-order valence-corrected chi connectivity index (χ0v) is 14.2. The van der Waals surface area contributed by atoms with Gasteiger partial charge < -0.3 is 10.2 Å². The molecule has 1 aliphatic heterocycles.